The maximum Gasteiger partial charge on any atom is 0.267 e. The van der Waals surface area contributed by atoms with Crippen LogP contribution in [0.2, 0.25) is 0 Å². The van der Waals surface area contributed by atoms with Gasteiger partial charge in [-0.3, -0.25) is 14.6 Å². The topological polar surface area (TPSA) is 92.7 Å². The molecule has 0 saturated carbocycles. The summed E-state index contributed by atoms with van der Waals surface area (Å²) in [5.41, 5.74) is 3.14. The molecule has 1 atom stereocenters. The summed E-state index contributed by atoms with van der Waals surface area (Å²) in [6.45, 7) is 3.21. The van der Waals surface area contributed by atoms with E-state index >= 15 is 0 Å². The van der Waals surface area contributed by atoms with Crippen LogP contribution in [0.5, 0.6) is 5.75 Å². The van der Waals surface area contributed by atoms with Crippen molar-refractivity contribution in [3.8, 4) is 5.75 Å². The lowest BCUT2D eigenvalue weighted by Gasteiger charge is -2.18. The lowest BCUT2D eigenvalue weighted by Crippen LogP contribution is -2.38. The predicted octanol–water partition coefficient (Wildman–Crippen LogP) is 1.29. The van der Waals surface area contributed by atoms with E-state index in [0.29, 0.717) is 16.9 Å². The highest BCUT2D eigenvalue weighted by Crippen LogP contribution is 2.19. The fourth-order valence-corrected chi connectivity index (χ4v) is 2.04. The van der Waals surface area contributed by atoms with Crippen molar-refractivity contribution in [3.05, 3.63) is 59.9 Å². The maximum atomic E-state index is 12.5. The molecular formula is C16H16N4O3. The first-order valence-corrected chi connectivity index (χ1v) is 6.76. The number of aromatic nitrogens is 1. The fourth-order valence-electron chi connectivity index (χ4n) is 2.04. The van der Waals surface area contributed by atoms with Crippen LogP contribution >= 0.6 is 0 Å². The van der Waals surface area contributed by atoms with Crippen LogP contribution in [-0.4, -0.2) is 30.6 Å². The number of carbonyl (C=O) groups is 2. The summed E-state index contributed by atoms with van der Waals surface area (Å²) in [4.78, 5) is 28.5. The van der Waals surface area contributed by atoms with Crippen LogP contribution in [0.25, 0.3) is 0 Å². The highest BCUT2D eigenvalue weighted by molar-refractivity contribution is 5.99. The molecule has 2 aromatic rings. The Bertz CT molecular complexity index is 703. The molecule has 7 heteroatoms. The van der Waals surface area contributed by atoms with Gasteiger partial charge in [0.05, 0.1) is 12.7 Å². The minimum absolute atomic E-state index is 0.327. The zero-order chi connectivity index (χ0) is 16.7. The monoisotopic (exact) mass is 312 g/mol. The summed E-state index contributed by atoms with van der Waals surface area (Å²) in [6, 6.07) is 9.09. The number of hydrogen-bond acceptors (Lipinski definition) is 5. The largest absolute Gasteiger partial charge is 0.496 e. The minimum atomic E-state index is -0.930. The number of rotatable bonds is 6. The van der Waals surface area contributed by atoms with Gasteiger partial charge in [-0.2, -0.15) is 5.10 Å². The third kappa shape index (κ3) is 3.91. The third-order valence-corrected chi connectivity index (χ3v) is 3.12. The van der Waals surface area contributed by atoms with Gasteiger partial charge in [-0.05, 0) is 29.8 Å². The van der Waals surface area contributed by atoms with Crippen molar-refractivity contribution in [2.24, 2.45) is 5.10 Å². The second-order valence-electron chi connectivity index (χ2n) is 4.52. The number of methoxy groups -OCH3 is 1. The van der Waals surface area contributed by atoms with E-state index in [2.05, 4.69) is 27.5 Å². The van der Waals surface area contributed by atoms with Crippen LogP contribution in [-0.2, 0) is 4.79 Å². The van der Waals surface area contributed by atoms with Crippen LogP contribution in [0, 0.1) is 0 Å². The van der Waals surface area contributed by atoms with Crippen LogP contribution in [0.4, 0.5) is 0 Å². The van der Waals surface area contributed by atoms with Crippen molar-refractivity contribution in [2.75, 3.05) is 7.11 Å². The average molecular weight is 312 g/mol. The molecule has 0 fully saturated rings. The molecule has 0 saturated heterocycles. The van der Waals surface area contributed by atoms with Gasteiger partial charge in [0.15, 0.2) is 0 Å². The molecule has 118 valence electrons. The van der Waals surface area contributed by atoms with Gasteiger partial charge in [-0.25, -0.2) is 5.43 Å². The Hall–Kier alpha value is -3.22. The van der Waals surface area contributed by atoms with Gasteiger partial charge in [-0.1, -0.05) is 12.1 Å². The van der Waals surface area contributed by atoms with E-state index in [1.165, 1.54) is 19.5 Å². The number of nitrogens with one attached hydrogen (secondary N) is 2. The van der Waals surface area contributed by atoms with Crippen molar-refractivity contribution >= 4 is 18.5 Å². The molecule has 0 bridgehead atoms. The van der Waals surface area contributed by atoms with Gasteiger partial charge >= 0.3 is 0 Å². The van der Waals surface area contributed by atoms with Crippen LogP contribution in [0.3, 0.4) is 0 Å². The molecule has 7 nitrogen and oxygen atoms in total. The Morgan fingerprint density at radius 1 is 1.22 bits per heavy atom. The maximum absolute atomic E-state index is 12.5. The number of pyridine rings is 1. The molecule has 1 aromatic carbocycles. The number of carbonyl (C=O) groups excluding carboxylic acids is 2. The number of ether oxygens (including phenoxy) is 1. The molecule has 0 aliphatic rings. The van der Waals surface area contributed by atoms with Crippen molar-refractivity contribution in [2.45, 2.75) is 6.04 Å². The fraction of sp³-hybridized carbons (Fsp3) is 0.125. The molecule has 23 heavy (non-hydrogen) atoms. The van der Waals surface area contributed by atoms with Gasteiger partial charge in [0.1, 0.15) is 11.8 Å². The first kappa shape index (κ1) is 16.2. The lowest BCUT2D eigenvalue weighted by atomic mass is 10.1. The zero-order valence-corrected chi connectivity index (χ0v) is 12.5. The number of nitrogens with zero attached hydrogens (tertiary/aromatic N) is 2. The summed E-state index contributed by atoms with van der Waals surface area (Å²) in [5.74, 6) is -0.529. The first-order chi connectivity index (χ1) is 11.2. The van der Waals surface area contributed by atoms with E-state index in [-0.39, 0.29) is 0 Å². The van der Waals surface area contributed by atoms with Crippen molar-refractivity contribution < 1.29 is 14.3 Å². The highest BCUT2D eigenvalue weighted by atomic mass is 16.5. The minimum Gasteiger partial charge on any atom is -0.496 e. The van der Waals surface area contributed by atoms with Crippen LogP contribution < -0.4 is 15.5 Å². The molecule has 1 aromatic heterocycles. The van der Waals surface area contributed by atoms with E-state index in [1.807, 2.05) is 0 Å². The Labute approximate surface area is 133 Å². The van der Waals surface area contributed by atoms with Gasteiger partial charge in [0, 0.05) is 19.1 Å². The van der Waals surface area contributed by atoms with E-state index in [0.717, 1.165) is 0 Å². The molecule has 2 amide bonds. The normalized spacial score (nSPS) is 11.2. The SMILES string of the molecule is C=NNC(=O)C(NC(=O)c1ccccc1OC)c1ccncc1. The number of para-hydroxylation sites is 1. The van der Waals surface area contributed by atoms with Crippen LogP contribution in [0.15, 0.2) is 53.9 Å². The van der Waals surface area contributed by atoms with E-state index in [9.17, 15) is 9.59 Å². The number of benzene rings is 1. The zero-order valence-electron chi connectivity index (χ0n) is 12.5. The van der Waals surface area contributed by atoms with Gasteiger partial charge in [0.25, 0.3) is 11.8 Å². The second kappa shape index (κ2) is 7.69. The van der Waals surface area contributed by atoms with Crippen molar-refractivity contribution in [1.82, 2.24) is 15.7 Å². The smallest absolute Gasteiger partial charge is 0.267 e. The third-order valence-electron chi connectivity index (χ3n) is 3.12. The van der Waals surface area contributed by atoms with E-state index < -0.39 is 17.9 Å². The molecule has 1 unspecified atom stereocenters. The Balaban J connectivity index is 2.29. The molecule has 2 rings (SSSR count). The summed E-state index contributed by atoms with van der Waals surface area (Å²) in [7, 11) is 1.47. The summed E-state index contributed by atoms with van der Waals surface area (Å²) >= 11 is 0. The van der Waals surface area contributed by atoms with E-state index in [4.69, 9.17) is 4.74 Å². The molecule has 1 heterocycles. The molecular weight excluding hydrogens is 296 g/mol. The Morgan fingerprint density at radius 3 is 2.57 bits per heavy atom. The lowest BCUT2D eigenvalue weighted by molar-refractivity contribution is -0.123. The highest BCUT2D eigenvalue weighted by Gasteiger charge is 2.24. The summed E-state index contributed by atoms with van der Waals surface area (Å²) in [5, 5.41) is 6.02. The molecule has 0 aliphatic heterocycles. The average Bonchev–Trinajstić information content (AvgIpc) is 2.60. The Morgan fingerprint density at radius 2 is 1.91 bits per heavy atom. The summed E-state index contributed by atoms with van der Waals surface area (Å²) < 4.78 is 5.16. The molecule has 0 spiro atoms. The Kier molecular flexibility index (Phi) is 5.40. The van der Waals surface area contributed by atoms with Crippen molar-refractivity contribution in [1.29, 1.82) is 0 Å². The standard InChI is InChI=1S/C16H16N4O3/c1-17-20-16(22)14(11-7-9-18-10-8-11)19-15(21)12-5-3-4-6-13(12)23-2/h3-10,14H,1H2,2H3,(H,19,21)(H,20,22). The number of hydrazone groups is 1. The van der Waals surface area contributed by atoms with E-state index in [1.54, 1.807) is 36.4 Å². The first-order valence-electron chi connectivity index (χ1n) is 6.76. The molecule has 2 N–H and O–H groups in total. The van der Waals surface area contributed by atoms with Gasteiger partial charge in [0.2, 0.25) is 0 Å². The second-order valence-corrected chi connectivity index (χ2v) is 4.52. The molecule has 0 aliphatic carbocycles. The van der Waals surface area contributed by atoms with Crippen LogP contribution in [0.1, 0.15) is 22.0 Å². The number of amides is 2. The van der Waals surface area contributed by atoms with Crippen molar-refractivity contribution in [3.63, 3.8) is 0 Å². The quantitative estimate of drug-likeness (QED) is 0.621. The predicted molar refractivity (Wildman–Crippen MR) is 85.1 cm³/mol. The summed E-state index contributed by atoms with van der Waals surface area (Å²) in [6.07, 6.45) is 3.07. The molecule has 0 radical (unpaired) electrons. The van der Waals surface area contributed by atoms with Gasteiger partial charge in [-0.15, -0.1) is 0 Å². The number of hydrogen-bond donors (Lipinski definition) is 2. The van der Waals surface area contributed by atoms with Gasteiger partial charge < -0.3 is 10.1 Å².